The largest absolute Gasteiger partial charge is 0.494 e. The molecule has 5 nitrogen and oxygen atoms in total. The highest BCUT2D eigenvalue weighted by Crippen LogP contribution is 2.19. The molecule has 1 unspecified atom stereocenters. The maximum atomic E-state index is 12.5. The highest BCUT2D eigenvalue weighted by molar-refractivity contribution is 5.92. The van der Waals surface area contributed by atoms with E-state index in [1.54, 1.807) is 48.5 Å². The summed E-state index contributed by atoms with van der Waals surface area (Å²) in [6.45, 7) is 10.00. The monoisotopic (exact) mass is 510 g/mol. The van der Waals surface area contributed by atoms with Crippen molar-refractivity contribution in [3.8, 4) is 11.5 Å². The summed E-state index contributed by atoms with van der Waals surface area (Å²) in [5.74, 6) is 1.58. The topological polar surface area (TPSA) is 61.8 Å². The van der Waals surface area contributed by atoms with Crippen molar-refractivity contribution in [2.75, 3.05) is 13.2 Å². The van der Waals surface area contributed by atoms with Crippen LogP contribution in [0.4, 0.5) is 0 Å². The van der Waals surface area contributed by atoms with Gasteiger partial charge in [-0.2, -0.15) is 0 Å². The number of esters is 2. The van der Waals surface area contributed by atoms with Crippen molar-refractivity contribution < 1.29 is 23.8 Å². The minimum atomic E-state index is -0.454. The van der Waals surface area contributed by atoms with Gasteiger partial charge in [0.1, 0.15) is 11.5 Å². The lowest BCUT2D eigenvalue weighted by Gasteiger charge is -2.12. The van der Waals surface area contributed by atoms with Gasteiger partial charge in [0.15, 0.2) is 0 Å². The van der Waals surface area contributed by atoms with Crippen LogP contribution in [-0.4, -0.2) is 25.2 Å². The van der Waals surface area contributed by atoms with Crippen LogP contribution < -0.4 is 9.47 Å². The predicted molar refractivity (Wildman–Crippen MR) is 149 cm³/mol. The van der Waals surface area contributed by atoms with Gasteiger partial charge in [-0.15, -0.1) is 0 Å². The van der Waals surface area contributed by atoms with Crippen LogP contribution in [0.3, 0.4) is 0 Å². The molecule has 2 rings (SSSR count). The van der Waals surface area contributed by atoms with Crippen LogP contribution in [0.25, 0.3) is 0 Å². The molecule has 5 heteroatoms. The zero-order chi connectivity index (χ0) is 26.9. The van der Waals surface area contributed by atoms with Crippen LogP contribution in [0.15, 0.2) is 48.5 Å². The third-order valence-electron chi connectivity index (χ3n) is 6.48. The van der Waals surface area contributed by atoms with Crippen LogP contribution in [-0.2, 0) is 4.74 Å². The quantitative estimate of drug-likeness (QED) is 0.114. The van der Waals surface area contributed by atoms with E-state index in [9.17, 15) is 9.59 Å². The van der Waals surface area contributed by atoms with Crippen molar-refractivity contribution in [1.29, 1.82) is 0 Å². The molecular formula is C32H46O5. The number of unbranched alkanes of at least 4 members (excludes halogenated alkanes) is 5. The highest BCUT2D eigenvalue weighted by atomic mass is 16.5. The molecule has 0 amide bonds. The summed E-state index contributed by atoms with van der Waals surface area (Å²) < 4.78 is 16.7. The zero-order valence-electron chi connectivity index (χ0n) is 23.3. The Kier molecular flexibility index (Phi) is 14.5. The number of carbonyl (C=O) groups is 2. The van der Waals surface area contributed by atoms with E-state index in [-0.39, 0.29) is 5.97 Å². The number of benzene rings is 2. The summed E-state index contributed by atoms with van der Waals surface area (Å²) >= 11 is 0. The second-order valence-electron chi connectivity index (χ2n) is 10.4. The fraction of sp³-hybridized carbons (Fsp3) is 0.562. The van der Waals surface area contributed by atoms with E-state index < -0.39 is 5.97 Å². The standard InChI is InChI=1S/C32H46O5/c1-5-6-7-8-9-10-23-35-29-18-14-28(15-19-29)32(34)37-30-20-16-27(17-21-30)31(33)36-24-22-26(4)13-11-12-25(2)3/h14-21,25-26H,5-13,22-24H2,1-4H3. The van der Waals surface area contributed by atoms with E-state index in [1.165, 1.54) is 44.9 Å². The first-order valence-electron chi connectivity index (χ1n) is 14.1. The van der Waals surface area contributed by atoms with E-state index in [0.717, 1.165) is 30.9 Å². The van der Waals surface area contributed by atoms with E-state index in [0.29, 0.717) is 36.0 Å². The fourth-order valence-electron chi connectivity index (χ4n) is 4.04. The van der Waals surface area contributed by atoms with Crippen LogP contribution in [0.5, 0.6) is 11.5 Å². The Hall–Kier alpha value is -2.82. The second-order valence-corrected chi connectivity index (χ2v) is 10.4. The molecular weight excluding hydrogens is 464 g/mol. The van der Waals surface area contributed by atoms with Gasteiger partial charge in [0.05, 0.1) is 24.3 Å². The molecule has 0 N–H and O–H groups in total. The number of ether oxygens (including phenoxy) is 3. The Labute approximate surface area is 223 Å². The molecule has 2 aromatic rings. The molecule has 37 heavy (non-hydrogen) atoms. The molecule has 0 heterocycles. The first-order chi connectivity index (χ1) is 17.9. The van der Waals surface area contributed by atoms with Gasteiger partial charge in [-0.25, -0.2) is 9.59 Å². The van der Waals surface area contributed by atoms with Crippen LogP contribution in [0, 0.1) is 11.8 Å². The molecule has 0 fully saturated rings. The Morgan fingerprint density at radius 2 is 1.24 bits per heavy atom. The van der Waals surface area contributed by atoms with Gasteiger partial charge in [-0.05, 0) is 73.2 Å². The normalized spacial score (nSPS) is 11.8. The highest BCUT2D eigenvalue weighted by Gasteiger charge is 2.12. The molecule has 0 radical (unpaired) electrons. The van der Waals surface area contributed by atoms with Crippen LogP contribution in [0.1, 0.15) is 113 Å². The van der Waals surface area contributed by atoms with Crippen molar-refractivity contribution in [2.45, 2.75) is 91.9 Å². The second kappa shape index (κ2) is 17.6. The minimum absolute atomic E-state index is 0.358. The first-order valence-corrected chi connectivity index (χ1v) is 14.1. The van der Waals surface area contributed by atoms with Crippen LogP contribution in [0.2, 0.25) is 0 Å². The summed E-state index contributed by atoms with van der Waals surface area (Å²) in [7, 11) is 0. The zero-order valence-corrected chi connectivity index (χ0v) is 23.3. The third-order valence-corrected chi connectivity index (χ3v) is 6.48. The van der Waals surface area contributed by atoms with E-state index in [1.807, 2.05) is 0 Å². The molecule has 0 saturated heterocycles. The molecule has 0 spiro atoms. The Morgan fingerprint density at radius 3 is 1.89 bits per heavy atom. The van der Waals surface area contributed by atoms with E-state index in [2.05, 4.69) is 27.7 Å². The lowest BCUT2D eigenvalue weighted by atomic mass is 9.98. The number of hydrogen-bond donors (Lipinski definition) is 0. The maximum Gasteiger partial charge on any atom is 0.343 e. The molecule has 0 aliphatic carbocycles. The lowest BCUT2D eigenvalue weighted by Crippen LogP contribution is -2.10. The summed E-state index contributed by atoms with van der Waals surface area (Å²) in [6, 6.07) is 13.5. The average Bonchev–Trinajstić information content (AvgIpc) is 2.88. The predicted octanol–water partition coefficient (Wildman–Crippen LogP) is 8.65. The summed E-state index contributed by atoms with van der Waals surface area (Å²) in [5.41, 5.74) is 0.886. The summed E-state index contributed by atoms with van der Waals surface area (Å²) in [4.78, 5) is 24.8. The Bertz CT molecular complexity index is 902. The van der Waals surface area contributed by atoms with E-state index >= 15 is 0 Å². The first kappa shape index (κ1) is 30.4. The minimum Gasteiger partial charge on any atom is -0.494 e. The van der Waals surface area contributed by atoms with Gasteiger partial charge in [0, 0.05) is 0 Å². The van der Waals surface area contributed by atoms with Crippen molar-refractivity contribution in [1.82, 2.24) is 0 Å². The summed E-state index contributed by atoms with van der Waals surface area (Å²) in [5, 5.41) is 0. The fourth-order valence-corrected chi connectivity index (χ4v) is 4.04. The van der Waals surface area contributed by atoms with Crippen molar-refractivity contribution in [2.24, 2.45) is 11.8 Å². The molecule has 204 valence electrons. The van der Waals surface area contributed by atoms with Crippen molar-refractivity contribution >= 4 is 11.9 Å². The van der Waals surface area contributed by atoms with Crippen LogP contribution >= 0.6 is 0 Å². The van der Waals surface area contributed by atoms with Crippen molar-refractivity contribution in [3.63, 3.8) is 0 Å². The molecule has 0 bridgehead atoms. The van der Waals surface area contributed by atoms with E-state index in [4.69, 9.17) is 14.2 Å². The number of carbonyl (C=O) groups excluding carboxylic acids is 2. The SMILES string of the molecule is CCCCCCCCOc1ccc(C(=O)Oc2ccc(C(=O)OCCC(C)CCCC(C)C)cc2)cc1. The number of rotatable bonds is 18. The van der Waals surface area contributed by atoms with Gasteiger partial charge in [0.25, 0.3) is 0 Å². The lowest BCUT2D eigenvalue weighted by molar-refractivity contribution is 0.0483. The summed E-state index contributed by atoms with van der Waals surface area (Å²) in [6.07, 6.45) is 11.8. The van der Waals surface area contributed by atoms with Gasteiger partial charge in [-0.1, -0.05) is 79.1 Å². The molecule has 0 saturated carbocycles. The molecule has 2 aromatic carbocycles. The van der Waals surface area contributed by atoms with Gasteiger partial charge < -0.3 is 14.2 Å². The average molecular weight is 511 g/mol. The Morgan fingerprint density at radius 1 is 0.649 bits per heavy atom. The maximum absolute atomic E-state index is 12.5. The smallest absolute Gasteiger partial charge is 0.343 e. The van der Waals surface area contributed by atoms with Gasteiger partial charge in [0.2, 0.25) is 0 Å². The molecule has 0 aromatic heterocycles. The molecule has 0 aliphatic rings. The van der Waals surface area contributed by atoms with Crippen molar-refractivity contribution in [3.05, 3.63) is 59.7 Å². The third kappa shape index (κ3) is 12.8. The van der Waals surface area contributed by atoms with Gasteiger partial charge in [-0.3, -0.25) is 0 Å². The Balaban J connectivity index is 1.70. The molecule has 1 atom stereocenters. The van der Waals surface area contributed by atoms with Gasteiger partial charge >= 0.3 is 11.9 Å². The number of hydrogen-bond acceptors (Lipinski definition) is 5. The molecule has 0 aliphatic heterocycles.